The molecule has 1 aromatic carbocycles. The molecule has 0 bridgehead atoms. The van der Waals surface area contributed by atoms with E-state index in [-0.39, 0.29) is 5.78 Å². The largest absolute Gasteiger partial charge is 0.480 e. The highest BCUT2D eigenvalue weighted by Crippen LogP contribution is 2.17. The number of rotatable bonds is 7. The molecule has 98 valence electrons. The first-order chi connectivity index (χ1) is 8.57. The molecule has 0 aromatic heterocycles. The molecule has 0 radical (unpaired) electrons. The summed E-state index contributed by atoms with van der Waals surface area (Å²) in [5, 5.41) is 11.9. The van der Waals surface area contributed by atoms with Gasteiger partial charge in [0, 0.05) is 5.92 Å². The van der Waals surface area contributed by atoms with Crippen molar-refractivity contribution in [3.8, 4) is 0 Å². The Morgan fingerprint density at radius 1 is 1.28 bits per heavy atom. The molecule has 0 saturated heterocycles. The third-order valence-corrected chi connectivity index (χ3v) is 2.86. The minimum atomic E-state index is -1.12. The van der Waals surface area contributed by atoms with Crippen LogP contribution in [0.3, 0.4) is 0 Å². The number of benzene rings is 1. The molecule has 0 fully saturated rings. The Morgan fingerprint density at radius 3 is 2.39 bits per heavy atom. The normalized spacial score (nSPS) is 13.9. The van der Waals surface area contributed by atoms with Crippen molar-refractivity contribution in [1.82, 2.24) is 5.32 Å². The van der Waals surface area contributed by atoms with Crippen molar-refractivity contribution in [3.05, 3.63) is 35.9 Å². The zero-order valence-corrected chi connectivity index (χ0v) is 10.7. The lowest BCUT2D eigenvalue weighted by molar-refractivity contribution is -0.143. The smallest absolute Gasteiger partial charge is 0.328 e. The molecule has 1 aromatic rings. The van der Waals surface area contributed by atoms with Gasteiger partial charge in [0.05, 0.1) is 0 Å². The third kappa shape index (κ3) is 3.67. The first-order valence-electron chi connectivity index (χ1n) is 6.12. The van der Waals surface area contributed by atoms with E-state index in [1.54, 1.807) is 6.92 Å². The van der Waals surface area contributed by atoms with Crippen molar-refractivity contribution in [3.63, 3.8) is 0 Å². The summed E-state index contributed by atoms with van der Waals surface area (Å²) in [5.74, 6) is -1.84. The summed E-state index contributed by atoms with van der Waals surface area (Å²) in [6.07, 6.45) is 0.788. The van der Waals surface area contributed by atoms with Gasteiger partial charge in [-0.1, -0.05) is 44.2 Å². The Labute approximate surface area is 107 Å². The van der Waals surface area contributed by atoms with Crippen molar-refractivity contribution >= 4 is 11.8 Å². The van der Waals surface area contributed by atoms with Crippen LogP contribution in [0.25, 0.3) is 0 Å². The topological polar surface area (TPSA) is 66.4 Å². The second kappa shape index (κ2) is 6.91. The monoisotopic (exact) mass is 249 g/mol. The zero-order chi connectivity index (χ0) is 13.5. The van der Waals surface area contributed by atoms with Crippen LogP contribution in [0.4, 0.5) is 0 Å². The highest BCUT2D eigenvalue weighted by Gasteiger charge is 2.29. The molecular weight excluding hydrogens is 230 g/mol. The van der Waals surface area contributed by atoms with E-state index in [2.05, 4.69) is 5.32 Å². The van der Waals surface area contributed by atoms with Crippen LogP contribution in [0.2, 0.25) is 0 Å². The predicted molar refractivity (Wildman–Crippen MR) is 69.6 cm³/mol. The van der Waals surface area contributed by atoms with Gasteiger partial charge in [-0.15, -0.1) is 0 Å². The van der Waals surface area contributed by atoms with E-state index in [4.69, 9.17) is 5.11 Å². The van der Waals surface area contributed by atoms with E-state index in [0.29, 0.717) is 6.54 Å². The number of carboxylic acid groups (broad SMARTS) is 1. The maximum absolute atomic E-state index is 12.1. The number of nitrogens with one attached hydrogen (secondary N) is 1. The van der Waals surface area contributed by atoms with E-state index in [9.17, 15) is 9.59 Å². The lowest BCUT2D eigenvalue weighted by Gasteiger charge is -2.17. The predicted octanol–water partition coefficient (Wildman–Crippen LogP) is 1.81. The van der Waals surface area contributed by atoms with E-state index in [1.165, 1.54) is 0 Å². The van der Waals surface area contributed by atoms with Crippen LogP contribution in [0.15, 0.2) is 30.3 Å². The molecule has 18 heavy (non-hydrogen) atoms. The summed E-state index contributed by atoms with van der Waals surface area (Å²) in [6, 6.07) is 8.09. The van der Waals surface area contributed by atoms with Crippen molar-refractivity contribution in [1.29, 1.82) is 0 Å². The Hall–Kier alpha value is -1.68. The van der Waals surface area contributed by atoms with Gasteiger partial charge in [0.25, 0.3) is 0 Å². The Bertz CT molecular complexity index is 403. The maximum Gasteiger partial charge on any atom is 0.328 e. The standard InChI is InChI=1S/C14H19NO3/c1-3-9-15-12(14(17)18)13(16)10(2)11-7-5-4-6-8-11/h4-8,10,12,15H,3,9H2,1-2H3,(H,17,18). The molecule has 0 saturated carbocycles. The van der Waals surface area contributed by atoms with Crippen LogP contribution in [0.5, 0.6) is 0 Å². The van der Waals surface area contributed by atoms with Crippen LogP contribution >= 0.6 is 0 Å². The Kier molecular flexibility index (Phi) is 5.52. The van der Waals surface area contributed by atoms with Crippen LogP contribution < -0.4 is 5.32 Å². The molecule has 2 unspecified atom stereocenters. The molecule has 0 spiro atoms. The first-order valence-corrected chi connectivity index (χ1v) is 6.12. The molecule has 2 N–H and O–H groups in total. The van der Waals surface area contributed by atoms with Gasteiger partial charge in [-0.05, 0) is 18.5 Å². The highest BCUT2D eigenvalue weighted by atomic mass is 16.4. The van der Waals surface area contributed by atoms with E-state index in [0.717, 1.165) is 12.0 Å². The van der Waals surface area contributed by atoms with Crippen LogP contribution in [0.1, 0.15) is 31.7 Å². The zero-order valence-electron chi connectivity index (χ0n) is 10.7. The van der Waals surface area contributed by atoms with E-state index < -0.39 is 17.9 Å². The highest BCUT2D eigenvalue weighted by molar-refractivity contribution is 6.05. The average molecular weight is 249 g/mol. The summed E-state index contributed by atoms with van der Waals surface area (Å²) in [7, 11) is 0. The van der Waals surface area contributed by atoms with Gasteiger partial charge in [-0.2, -0.15) is 0 Å². The molecule has 4 nitrogen and oxygen atoms in total. The van der Waals surface area contributed by atoms with Gasteiger partial charge in [-0.3, -0.25) is 14.9 Å². The summed E-state index contributed by atoms with van der Waals surface area (Å²) in [5.41, 5.74) is 0.840. The number of carbonyl (C=O) groups is 2. The number of carbonyl (C=O) groups excluding carboxylic acids is 1. The second-order valence-electron chi connectivity index (χ2n) is 4.26. The van der Waals surface area contributed by atoms with Gasteiger partial charge in [0.15, 0.2) is 11.8 Å². The molecule has 0 aliphatic carbocycles. The SMILES string of the molecule is CCCNC(C(=O)O)C(=O)C(C)c1ccccc1. The lowest BCUT2D eigenvalue weighted by Crippen LogP contribution is -2.45. The van der Waals surface area contributed by atoms with Crippen LogP contribution in [-0.4, -0.2) is 29.4 Å². The maximum atomic E-state index is 12.1. The Balaban J connectivity index is 2.80. The molecule has 0 amide bonds. The van der Waals surface area contributed by atoms with Gasteiger partial charge in [-0.25, -0.2) is 0 Å². The van der Waals surface area contributed by atoms with Crippen molar-refractivity contribution in [2.75, 3.05) is 6.54 Å². The number of aliphatic carboxylic acids is 1. The van der Waals surface area contributed by atoms with Gasteiger partial charge in [0.1, 0.15) is 0 Å². The molecule has 0 aliphatic heterocycles. The van der Waals surface area contributed by atoms with Crippen LogP contribution in [-0.2, 0) is 9.59 Å². The fourth-order valence-electron chi connectivity index (χ4n) is 1.75. The Morgan fingerprint density at radius 2 is 1.89 bits per heavy atom. The number of hydrogen-bond donors (Lipinski definition) is 2. The second-order valence-corrected chi connectivity index (χ2v) is 4.26. The minimum Gasteiger partial charge on any atom is -0.480 e. The number of hydrogen-bond acceptors (Lipinski definition) is 3. The molecule has 0 heterocycles. The van der Waals surface area contributed by atoms with Crippen molar-refractivity contribution < 1.29 is 14.7 Å². The quantitative estimate of drug-likeness (QED) is 0.723. The van der Waals surface area contributed by atoms with E-state index >= 15 is 0 Å². The summed E-state index contributed by atoms with van der Waals surface area (Å²) in [4.78, 5) is 23.2. The minimum absolute atomic E-state index is 0.304. The molecule has 0 aliphatic rings. The summed E-state index contributed by atoms with van der Waals surface area (Å²) in [6.45, 7) is 4.18. The number of Topliss-reactive ketones (excluding diaryl/α,β-unsaturated/α-hetero) is 1. The molecule has 1 rings (SSSR count). The first kappa shape index (κ1) is 14.4. The van der Waals surface area contributed by atoms with Crippen LogP contribution in [0, 0.1) is 0 Å². The summed E-state index contributed by atoms with van der Waals surface area (Å²) < 4.78 is 0. The molecular formula is C14H19NO3. The lowest BCUT2D eigenvalue weighted by atomic mass is 9.92. The van der Waals surface area contributed by atoms with Gasteiger partial charge >= 0.3 is 5.97 Å². The fourth-order valence-corrected chi connectivity index (χ4v) is 1.75. The van der Waals surface area contributed by atoms with E-state index in [1.807, 2.05) is 37.3 Å². The summed E-state index contributed by atoms with van der Waals surface area (Å²) >= 11 is 0. The van der Waals surface area contributed by atoms with Crippen molar-refractivity contribution in [2.45, 2.75) is 32.2 Å². The van der Waals surface area contributed by atoms with Crippen molar-refractivity contribution in [2.24, 2.45) is 0 Å². The number of carboxylic acids is 1. The van der Waals surface area contributed by atoms with Gasteiger partial charge < -0.3 is 5.11 Å². The molecule has 2 atom stereocenters. The van der Waals surface area contributed by atoms with Gasteiger partial charge in [0.2, 0.25) is 0 Å². The fraction of sp³-hybridized carbons (Fsp3) is 0.429. The molecule has 4 heteroatoms. The third-order valence-electron chi connectivity index (χ3n) is 2.86. The average Bonchev–Trinajstić information content (AvgIpc) is 2.38. The number of ketones is 1.